The van der Waals surface area contributed by atoms with Gasteiger partial charge in [0, 0.05) is 0 Å². The highest BCUT2D eigenvalue weighted by atomic mass is 32.2. The summed E-state index contributed by atoms with van der Waals surface area (Å²) >= 11 is 1.37. The van der Waals surface area contributed by atoms with Gasteiger partial charge in [0.25, 0.3) is 5.91 Å². The molecule has 1 aliphatic carbocycles. The zero-order valence-electron chi connectivity index (χ0n) is 17.8. The Morgan fingerprint density at radius 2 is 1.76 bits per heavy atom. The fraction of sp³-hybridized carbons (Fsp3) is 0.240. The zero-order chi connectivity index (χ0) is 23.1. The summed E-state index contributed by atoms with van der Waals surface area (Å²) in [6.07, 6.45) is 1.07. The van der Waals surface area contributed by atoms with Gasteiger partial charge in [-0.15, -0.1) is 11.8 Å². The number of methoxy groups -OCH3 is 1. The first-order chi connectivity index (χ1) is 16.0. The van der Waals surface area contributed by atoms with Crippen LogP contribution in [0.15, 0.2) is 78.0 Å². The molecule has 7 nitrogen and oxygen atoms in total. The lowest BCUT2D eigenvalue weighted by Gasteiger charge is -2.51. The molecule has 2 aromatic rings. The van der Waals surface area contributed by atoms with Crippen molar-refractivity contribution in [1.29, 1.82) is 0 Å². The number of esters is 1. The molecular formula is C25H22N2O5S. The van der Waals surface area contributed by atoms with Gasteiger partial charge in [0.05, 0.1) is 24.9 Å². The molecule has 0 aromatic heterocycles. The number of hydrogen-bond donors (Lipinski definition) is 2. The van der Waals surface area contributed by atoms with Gasteiger partial charge in [-0.25, -0.2) is 4.79 Å². The highest BCUT2D eigenvalue weighted by Gasteiger charge is 2.58. The molecule has 2 amide bonds. The Labute approximate surface area is 195 Å². The topological polar surface area (TPSA) is 95.9 Å². The number of carbonyl (C=O) groups is 3. The van der Waals surface area contributed by atoms with Crippen LogP contribution in [0.25, 0.3) is 5.57 Å². The Bertz CT molecular complexity index is 1180. The van der Waals surface area contributed by atoms with Gasteiger partial charge in [0.15, 0.2) is 0 Å². The van der Waals surface area contributed by atoms with E-state index in [2.05, 4.69) is 5.32 Å². The van der Waals surface area contributed by atoms with Crippen molar-refractivity contribution in [2.75, 3.05) is 7.11 Å². The van der Waals surface area contributed by atoms with Crippen LogP contribution in [0.5, 0.6) is 0 Å². The SMILES string of the molecule is COC(=O)C1=C2C=C(c3ccccc3)C(O)[C@@H]2S[C@@H]2[C@H](NC(=O)Cc3ccccc3)C(=O)N12. The van der Waals surface area contributed by atoms with Crippen molar-refractivity contribution in [2.45, 2.75) is 29.2 Å². The fourth-order valence-electron chi connectivity index (χ4n) is 4.49. The second kappa shape index (κ2) is 8.53. The second-order valence-corrected chi connectivity index (χ2v) is 9.33. The van der Waals surface area contributed by atoms with Crippen molar-refractivity contribution >= 4 is 35.1 Å². The smallest absolute Gasteiger partial charge is 0.355 e. The molecular weight excluding hydrogens is 440 g/mol. The molecule has 1 fully saturated rings. The number of ether oxygens (including phenoxy) is 1. The molecule has 0 bridgehead atoms. The maximum atomic E-state index is 13.0. The maximum Gasteiger partial charge on any atom is 0.355 e. The number of benzene rings is 2. The third-order valence-electron chi connectivity index (χ3n) is 6.08. The van der Waals surface area contributed by atoms with Crippen LogP contribution in [-0.2, 0) is 25.5 Å². The number of allylic oxidation sites excluding steroid dienone is 1. The van der Waals surface area contributed by atoms with Gasteiger partial charge in [-0.2, -0.15) is 0 Å². The Morgan fingerprint density at radius 3 is 2.42 bits per heavy atom. The van der Waals surface area contributed by atoms with E-state index in [1.165, 1.54) is 23.8 Å². The lowest BCUT2D eigenvalue weighted by atomic mass is 10.0. The highest BCUT2D eigenvalue weighted by Crippen LogP contribution is 2.51. The molecule has 2 aromatic carbocycles. The number of nitrogens with one attached hydrogen (secondary N) is 1. The third kappa shape index (κ3) is 3.65. The lowest BCUT2D eigenvalue weighted by Crippen LogP contribution is -2.71. The van der Waals surface area contributed by atoms with Gasteiger partial charge in [0.2, 0.25) is 5.91 Å². The van der Waals surface area contributed by atoms with Gasteiger partial charge in [-0.05, 0) is 28.3 Å². The Hall–Kier alpha value is -3.36. The van der Waals surface area contributed by atoms with Crippen LogP contribution in [0.2, 0.25) is 0 Å². The fourth-order valence-corrected chi connectivity index (χ4v) is 6.08. The van der Waals surface area contributed by atoms with Gasteiger partial charge in [-0.3, -0.25) is 14.5 Å². The average Bonchev–Trinajstić information content (AvgIpc) is 3.18. The van der Waals surface area contributed by atoms with E-state index in [9.17, 15) is 19.5 Å². The van der Waals surface area contributed by atoms with Crippen LogP contribution in [0, 0.1) is 0 Å². The molecule has 3 aliphatic rings. The summed E-state index contributed by atoms with van der Waals surface area (Å²) in [5.41, 5.74) is 3.07. The number of hydrogen-bond acceptors (Lipinski definition) is 6. The molecule has 0 saturated carbocycles. The number of carbonyl (C=O) groups excluding carboxylic acids is 3. The van der Waals surface area contributed by atoms with Crippen LogP contribution in [0.1, 0.15) is 11.1 Å². The predicted molar refractivity (Wildman–Crippen MR) is 124 cm³/mol. The molecule has 5 rings (SSSR count). The van der Waals surface area contributed by atoms with Crippen molar-refractivity contribution in [3.63, 3.8) is 0 Å². The van der Waals surface area contributed by atoms with Crippen LogP contribution in [0.4, 0.5) is 0 Å². The Kier molecular flexibility index (Phi) is 5.55. The largest absolute Gasteiger partial charge is 0.464 e. The molecule has 1 saturated heterocycles. The van der Waals surface area contributed by atoms with Gasteiger partial charge >= 0.3 is 5.97 Å². The molecule has 2 aliphatic heterocycles. The second-order valence-electron chi connectivity index (χ2n) is 8.07. The minimum Gasteiger partial charge on any atom is -0.464 e. The third-order valence-corrected chi connectivity index (χ3v) is 7.64. The van der Waals surface area contributed by atoms with Gasteiger partial charge < -0.3 is 15.2 Å². The van der Waals surface area contributed by atoms with E-state index in [4.69, 9.17) is 4.74 Å². The molecule has 0 radical (unpaired) electrons. The first kappa shape index (κ1) is 21.5. The minimum atomic E-state index is -0.856. The first-order valence-corrected chi connectivity index (χ1v) is 11.5. The van der Waals surface area contributed by atoms with E-state index in [0.29, 0.717) is 11.1 Å². The summed E-state index contributed by atoms with van der Waals surface area (Å²) in [7, 11) is 1.26. The van der Waals surface area contributed by atoms with E-state index in [-0.39, 0.29) is 23.9 Å². The van der Waals surface area contributed by atoms with Crippen molar-refractivity contribution in [3.8, 4) is 0 Å². The number of thioether (sulfide) groups is 1. The van der Waals surface area contributed by atoms with Crippen molar-refractivity contribution in [2.24, 2.45) is 0 Å². The molecule has 168 valence electrons. The zero-order valence-corrected chi connectivity index (χ0v) is 18.6. The van der Waals surface area contributed by atoms with E-state index < -0.39 is 28.7 Å². The number of rotatable bonds is 5. The van der Waals surface area contributed by atoms with Crippen LogP contribution in [0.3, 0.4) is 0 Å². The number of amides is 2. The summed E-state index contributed by atoms with van der Waals surface area (Å²) in [4.78, 5) is 39.7. The first-order valence-electron chi connectivity index (χ1n) is 10.6. The number of aliphatic hydroxyl groups is 1. The number of nitrogens with zero attached hydrogens (tertiary/aromatic N) is 1. The van der Waals surface area contributed by atoms with E-state index in [1.807, 2.05) is 60.7 Å². The monoisotopic (exact) mass is 462 g/mol. The standard InChI is InChI=1S/C25H22N2O5S/c1-32-25(31)20-17-13-16(15-10-6-3-7-11-15)21(29)22(17)33-24-19(23(30)27(20)24)26-18(28)12-14-8-4-2-5-9-14/h2-11,13,19,21-22,24,29H,12H2,1H3,(H,26,28)/t19-,21?,22-,24-/m1/s1. The van der Waals surface area contributed by atoms with Crippen molar-refractivity contribution in [1.82, 2.24) is 10.2 Å². The molecule has 1 unspecified atom stereocenters. The predicted octanol–water partition coefficient (Wildman–Crippen LogP) is 1.88. The van der Waals surface area contributed by atoms with Crippen LogP contribution >= 0.6 is 11.8 Å². The lowest BCUT2D eigenvalue weighted by molar-refractivity contribution is -0.151. The van der Waals surface area contributed by atoms with E-state index in [0.717, 1.165) is 11.1 Å². The summed E-state index contributed by atoms with van der Waals surface area (Å²) in [5, 5.41) is 13.0. The maximum absolute atomic E-state index is 13.0. The molecule has 0 spiro atoms. The Balaban J connectivity index is 1.42. The summed E-state index contributed by atoms with van der Waals surface area (Å²) in [6.45, 7) is 0. The molecule has 2 N–H and O–H groups in total. The molecule has 8 heteroatoms. The van der Waals surface area contributed by atoms with Crippen molar-refractivity contribution in [3.05, 3.63) is 89.1 Å². The number of aliphatic hydroxyl groups excluding tert-OH is 1. The summed E-state index contributed by atoms with van der Waals surface area (Å²) in [5.74, 6) is -1.28. The molecule has 2 heterocycles. The summed E-state index contributed by atoms with van der Waals surface area (Å²) < 4.78 is 4.97. The van der Waals surface area contributed by atoms with Crippen LogP contribution in [-0.4, -0.2) is 57.7 Å². The molecule has 4 atom stereocenters. The van der Waals surface area contributed by atoms with Crippen LogP contribution < -0.4 is 5.32 Å². The molecule has 33 heavy (non-hydrogen) atoms. The highest BCUT2D eigenvalue weighted by molar-refractivity contribution is 8.01. The minimum absolute atomic E-state index is 0.134. The van der Waals surface area contributed by atoms with E-state index >= 15 is 0 Å². The van der Waals surface area contributed by atoms with Gasteiger partial charge in [-0.1, -0.05) is 60.7 Å². The number of β-lactam (4-membered cyclic amide) rings is 1. The number of fused-ring (bicyclic) bond motifs is 2. The van der Waals surface area contributed by atoms with Crippen molar-refractivity contribution < 1.29 is 24.2 Å². The normalized spacial score (nSPS) is 25.6. The summed E-state index contributed by atoms with van der Waals surface area (Å²) in [6, 6.07) is 17.9. The quantitative estimate of drug-likeness (QED) is 0.521. The Morgan fingerprint density at radius 1 is 1.09 bits per heavy atom. The average molecular weight is 463 g/mol. The van der Waals surface area contributed by atoms with Gasteiger partial charge in [0.1, 0.15) is 17.1 Å². The van der Waals surface area contributed by atoms with E-state index in [1.54, 1.807) is 6.08 Å².